The topological polar surface area (TPSA) is 83.6 Å². The molecule has 0 aromatic heterocycles. The number of aliphatic carboxylic acids is 1. The van der Waals surface area contributed by atoms with Crippen molar-refractivity contribution in [3.05, 3.63) is 29.3 Å². The number of phenols is 1. The molecule has 0 amide bonds. The van der Waals surface area contributed by atoms with Gasteiger partial charge in [-0.1, -0.05) is 19.1 Å². The number of nitrogens with two attached hydrogens (primary N) is 1. The number of hydrogen-bond acceptors (Lipinski definition) is 3. The normalized spacial score (nSPS) is 12.4. The predicted octanol–water partition coefficient (Wildman–Crippen LogP) is 0.909. The highest BCUT2D eigenvalue weighted by Crippen LogP contribution is 2.19. The maximum absolute atomic E-state index is 10.6. The molecule has 1 aromatic carbocycles. The standard InChI is InChI=1S/C11H15NO3/c1-2-8-5-7(3-4-10(8)13)6-9(12)11(14)15/h3-5,9,13H,2,6,12H2,1H3,(H,14,15)/t9-/m0/s1. The van der Waals surface area contributed by atoms with Crippen molar-refractivity contribution in [3.8, 4) is 5.75 Å². The number of carboxylic acid groups (broad SMARTS) is 1. The second-order valence-electron chi connectivity index (χ2n) is 3.47. The van der Waals surface area contributed by atoms with E-state index in [0.29, 0.717) is 6.42 Å². The van der Waals surface area contributed by atoms with Gasteiger partial charge in [0, 0.05) is 0 Å². The molecule has 0 aliphatic rings. The minimum atomic E-state index is -1.01. The van der Waals surface area contributed by atoms with Crippen molar-refractivity contribution in [2.75, 3.05) is 0 Å². The molecule has 0 radical (unpaired) electrons. The Hall–Kier alpha value is -1.55. The molecule has 4 heteroatoms. The molecule has 0 saturated carbocycles. The molecule has 15 heavy (non-hydrogen) atoms. The van der Waals surface area contributed by atoms with Crippen LogP contribution in [-0.4, -0.2) is 22.2 Å². The first-order valence-electron chi connectivity index (χ1n) is 4.83. The Morgan fingerprint density at radius 2 is 2.20 bits per heavy atom. The van der Waals surface area contributed by atoms with Crippen LogP contribution in [0.25, 0.3) is 0 Å². The van der Waals surface area contributed by atoms with E-state index >= 15 is 0 Å². The van der Waals surface area contributed by atoms with Crippen molar-refractivity contribution in [3.63, 3.8) is 0 Å². The van der Waals surface area contributed by atoms with E-state index in [2.05, 4.69) is 0 Å². The molecule has 1 rings (SSSR count). The fraction of sp³-hybridized carbons (Fsp3) is 0.364. The van der Waals surface area contributed by atoms with Gasteiger partial charge in [-0.15, -0.1) is 0 Å². The first kappa shape index (κ1) is 11.5. The van der Waals surface area contributed by atoms with Crippen LogP contribution in [0.3, 0.4) is 0 Å². The van der Waals surface area contributed by atoms with Crippen molar-refractivity contribution in [1.29, 1.82) is 0 Å². The number of aromatic hydroxyl groups is 1. The maximum Gasteiger partial charge on any atom is 0.320 e. The minimum Gasteiger partial charge on any atom is -0.508 e. The second kappa shape index (κ2) is 4.79. The van der Waals surface area contributed by atoms with E-state index in [9.17, 15) is 9.90 Å². The highest BCUT2D eigenvalue weighted by Gasteiger charge is 2.12. The van der Waals surface area contributed by atoms with Gasteiger partial charge in [0.2, 0.25) is 0 Å². The summed E-state index contributed by atoms with van der Waals surface area (Å²) in [6.07, 6.45) is 0.991. The summed E-state index contributed by atoms with van der Waals surface area (Å²) in [5.74, 6) is -0.772. The lowest BCUT2D eigenvalue weighted by Crippen LogP contribution is -2.32. The van der Waals surface area contributed by atoms with Gasteiger partial charge >= 0.3 is 5.97 Å². The highest BCUT2D eigenvalue weighted by molar-refractivity contribution is 5.73. The number of carboxylic acids is 1. The lowest BCUT2D eigenvalue weighted by Gasteiger charge is -2.08. The number of carbonyl (C=O) groups is 1. The summed E-state index contributed by atoms with van der Waals surface area (Å²) in [7, 11) is 0. The van der Waals surface area contributed by atoms with Crippen LogP contribution in [-0.2, 0) is 17.6 Å². The molecule has 4 N–H and O–H groups in total. The Labute approximate surface area is 88.3 Å². The summed E-state index contributed by atoms with van der Waals surface area (Å²) >= 11 is 0. The molecule has 0 heterocycles. The molecular weight excluding hydrogens is 194 g/mol. The number of aryl methyl sites for hydroxylation is 1. The Bertz CT molecular complexity index is 363. The molecule has 0 aliphatic carbocycles. The van der Waals surface area contributed by atoms with E-state index in [4.69, 9.17) is 10.8 Å². The van der Waals surface area contributed by atoms with Crippen LogP contribution >= 0.6 is 0 Å². The summed E-state index contributed by atoms with van der Waals surface area (Å²) in [5.41, 5.74) is 7.06. The van der Waals surface area contributed by atoms with Gasteiger partial charge in [-0.2, -0.15) is 0 Å². The van der Waals surface area contributed by atoms with Gasteiger partial charge in [0.25, 0.3) is 0 Å². The first-order valence-corrected chi connectivity index (χ1v) is 4.83. The summed E-state index contributed by atoms with van der Waals surface area (Å²) in [6, 6.07) is 4.16. The van der Waals surface area contributed by atoms with Crippen molar-refractivity contribution >= 4 is 5.97 Å². The van der Waals surface area contributed by atoms with E-state index < -0.39 is 12.0 Å². The Balaban J connectivity index is 2.83. The smallest absolute Gasteiger partial charge is 0.320 e. The second-order valence-corrected chi connectivity index (χ2v) is 3.47. The zero-order valence-electron chi connectivity index (χ0n) is 8.60. The highest BCUT2D eigenvalue weighted by atomic mass is 16.4. The van der Waals surface area contributed by atoms with E-state index in [1.165, 1.54) is 0 Å². The van der Waals surface area contributed by atoms with Crippen molar-refractivity contribution in [2.24, 2.45) is 5.73 Å². The van der Waals surface area contributed by atoms with Crippen LogP contribution < -0.4 is 5.73 Å². The maximum atomic E-state index is 10.6. The van der Waals surface area contributed by atoms with Gasteiger partial charge in [-0.25, -0.2) is 0 Å². The zero-order valence-corrected chi connectivity index (χ0v) is 8.60. The SMILES string of the molecule is CCc1cc(C[C@H](N)C(=O)O)ccc1O. The Morgan fingerprint density at radius 3 is 2.73 bits per heavy atom. The van der Waals surface area contributed by atoms with Gasteiger partial charge in [-0.3, -0.25) is 4.79 Å². The molecule has 0 fully saturated rings. The minimum absolute atomic E-state index is 0.241. The summed E-state index contributed by atoms with van der Waals surface area (Å²) in [6.45, 7) is 1.93. The lowest BCUT2D eigenvalue weighted by molar-refractivity contribution is -0.138. The largest absolute Gasteiger partial charge is 0.508 e. The number of benzene rings is 1. The molecule has 1 aromatic rings. The third-order valence-electron chi connectivity index (χ3n) is 2.30. The van der Waals surface area contributed by atoms with Gasteiger partial charge in [0.05, 0.1) is 0 Å². The fourth-order valence-corrected chi connectivity index (χ4v) is 1.39. The van der Waals surface area contributed by atoms with Crippen molar-refractivity contribution in [2.45, 2.75) is 25.8 Å². The Morgan fingerprint density at radius 1 is 1.53 bits per heavy atom. The number of rotatable bonds is 4. The van der Waals surface area contributed by atoms with Crippen LogP contribution in [0, 0.1) is 0 Å². The summed E-state index contributed by atoms with van der Waals surface area (Å²) in [4.78, 5) is 10.6. The molecule has 0 unspecified atom stereocenters. The molecule has 4 nitrogen and oxygen atoms in total. The third kappa shape index (κ3) is 2.95. The monoisotopic (exact) mass is 209 g/mol. The van der Waals surface area contributed by atoms with Gasteiger partial charge in [0.1, 0.15) is 11.8 Å². The number of phenolic OH excluding ortho intramolecular Hbond substituents is 1. The molecular formula is C11H15NO3. The molecule has 0 saturated heterocycles. The van der Waals surface area contributed by atoms with Crippen LogP contribution in [0.4, 0.5) is 0 Å². The van der Waals surface area contributed by atoms with E-state index in [-0.39, 0.29) is 12.2 Å². The van der Waals surface area contributed by atoms with Gasteiger partial charge in [-0.05, 0) is 30.0 Å². The predicted molar refractivity (Wildman–Crippen MR) is 56.8 cm³/mol. The average molecular weight is 209 g/mol. The van der Waals surface area contributed by atoms with Crippen LogP contribution in [0.1, 0.15) is 18.1 Å². The van der Waals surface area contributed by atoms with Crippen molar-refractivity contribution < 1.29 is 15.0 Å². The van der Waals surface area contributed by atoms with Crippen LogP contribution in [0.2, 0.25) is 0 Å². The Kier molecular flexibility index (Phi) is 3.68. The number of hydrogen-bond donors (Lipinski definition) is 3. The van der Waals surface area contributed by atoms with Crippen LogP contribution in [0.15, 0.2) is 18.2 Å². The fourth-order valence-electron chi connectivity index (χ4n) is 1.39. The molecule has 0 bridgehead atoms. The van der Waals surface area contributed by atoms with Crippen molar-refractivity contribution in [1.82, 2.24) is 0 Å². The molecule has 0 spiro atoms. The van der Waals surface area contributed by atoms with E-state index in [0.717, 1.165) is 11.1 Å². The quantitative estimate of drug-likeness (QED) is 0.688. The summed E-state index contributed by atoms with van der Waals surface area (Å²) in [5, 5.41) is 18.1. The molecule has 82 valence electrons. The van der Waals surface area contributed by atoms with Gasteiger partial charge < -0.3 is 15.9 Å². The summed E-state index contributed by atoms with van der Waals surface area (Å²) < 4.78 is 0. The third-order valence-corrected chi connectivity index (χ3v) is 2.30. The first-order chi connectivity index (χ1) is 7.04. The molecule has 0 aliphatic heterocycles. The van der Waals surface area contributed by atoms with Crippen LogP contribution in [0.5, 0.6) is 5.75 Å². The zero-order chi connectivity index (χ0) is 11.4. The van der Waals surface area contributed by atoms with E-state index in [1.807, 2.05) is 6.92 Å². The van der Waals surface area contributed by atoms with Gasteiger partial charge in [0.15, 0.2) is 0 Å². The lowest BCUT2D eigenvalue weighted by atomic mass is 10.0. The molecule has 1 atom stereocenters. The van der Waals surface area contributed by atoms with E-state index in [1.54, 1.807) is 18.2 Å². The average Bonchev–Trinajstić information content (AvgIpc) is 2.20.